The zero-order valence-corrected chi connectivity index (χ0v) is 10.9. The zero-order valence-electron chi connectivity index (χ0n) is 10.9. The van der Waals surface area contributed by atoms with Gasteiger partial charge in [-0.25, -0.2) is 0 Å². The number of ether oxygens (including phenoxy) is 1. The van der Waals surface area contributed by atoms with Crippen LogP contribution >= 0.6 is 0 Å². The molecule has 4 nitrogen and oxygen atoms in total. The SMILES string of the molecule is CC(C)CC(CO)NCC(O)COC(C)C. The first-order chi connectivity index (χ1) is 7.45. The van der Waals surface area contributed by atoms with Crippen LogP contribution < -0.4 is 5.32 Å². The lowest BCUT2D eigenvalue weighted by atomic mass is 10.0. The van der Waals surface area contributed by atoms with Crippen LogP contribution in [-0.4, -0.2) is 48.2 Å². The van der Waals surface area contributed by atoms with Crippen LogP contribution in [0.15, 0.2) is 0 Å². The Kier molecular flexibility index (Phi) is 8.84. The highest BCUT2D eigenvalue weighted by atomic mass is 16.5. The molecule has 0 spiro atoms. The van der Waals surface area contributed by atoms with Crippen LogP contribution in [0.4, 0.5) is 0 Å². The van der Waals surface area contributed by atoms with Crippen molar-refractivity contribution >= 4 is 0 Å². The van der Waals surface area contributed by atoms with Crippen molar-refractivity contribution in [2.24, 2.45) is 5.92 Å². The molecule has 0 heterocycles. The first-order valence-corrected chi connectivity index (χ1v) is 6.09. The number of aliphatic hydroxyl groups is 2. The Labute approximate surface area is 99.0 Å². The fraction of sp³-hybridized carbons (Fsp3) is 1.00. The molecule has 2 atom stereocenters. The fourth-order valence-corrected chi connectivity index (χ4v) is 1.46. The van der Waals surface area contributed by atoms with E-state index in [1.54, 1.807) is 0 Å². The molecule has 0 fully saturated rings. The molecule has 0 bridgehead atoms. The van der Waals surface area contributed by atoms with Crippen LogP contribution in [0.2, 0.25) is 0 Å². The molecule has 0 aromatic carbocycles. The lowest BCUT2D eigenvalue weighted by Gasteiger charge is -2.21. The molecule has 3 N–H and O–H groups in total. The van der Waals surface area contributed by atoms with Gasteiger partial charge < -0.3 is 20.3 Å². The van der Waals surface area contributed by atoms with Crippen molar-refractivity contribution in [1.29, 1.82) is 0 Å². The van der Waals surface area contributed by atoms with Crippen LogP contribution in [0.5, 0.6) is 0 Å². The predicted molar refractivity (Wildman–Crippen MR) is 65.4 cm³/mol. The first kappa shape index (κ1) is 15.8. The summed E-state index contributed by atoms with van der Waals surface area (Å²) in [5.74, 6) is 0.536. The molecular formula is C12H27NO3. The van der Waals surface area contributed by atoms with E-state index in [1.165, 1.54) is 0 Å². The molecular weight excluding hydrogens is 206 g/mol. The summed E-state index contributed by atoms with van der Waals surface area (Å²) in [5, 5.41) is 21.9. The Bertz CT molecular complexity index is 162. The van der Waals surface area contributed by atoms with E-state index >= 15 is 0 Å². The van der Waals surface area contributed by atoms with Crippen LogP contribution in [0.25, 0.3) is 0 Å². The van der Waals surface area contributed by atoms with Crippen molar-refractivity contribution in [1.82, 2.24) is 5.32 Å². The molecule has 16 heavy (non-hydrogen) atoms. The second-order valence-corrected chi connectivity index (χ2v) is 4.95. The van der Waals surface area contributed by atoms with Crippen molar-refractivity contribution in [3.63, 3.8) is 0 Å². The van der Waals surface area contributed by atoms with Crippen molar-refractivity contribution in [3.8, 4) is 0 Å². The maximum Gasteiger partial charge on any atom is 0.0897 e. The lowest BCUT2D eigenvalue weighted by Crippen LogP contribution is -2.40. The molecule has 0 radical (unpaired) electrons. The molecule has 0 saturated heterocycles. The molecule has 0 aliphatic heterocycles. The molecule has 0 aliphatic carbocycles. The van der Waals surface area contributed by atoms with E-state index in [9.17, 15) is 5.11 Å². The largest absolute Gasteiger partial charge is 0.395 e. The van der Waals surface area contributed by atoms with Gasteiger partial charge in [0.05, 0.1) is 25.4 Å². The third kappa shape index (κ3) is 9.09. The third-order valence-electron chi connectivity index (χ3n) is 2.24. The summed E-state index contributed by atoms with van der Waals surface area (Å²) < 4.78 is 5.30. The number of rotatable bonds is 9. The highest BCUT2D eigenvalue weighted by molar-refractivity contribution is 4.70. The van der Waals surface area contributed by atoms with Gasteiger partial charge >= 0.3 is 0 Å². The standard InChI is InChI=1S/C12H27NO3/c1-9(2)5-11(7-14)13-6-12(15)8-16-10(3)4/h9-15H,5-8H2,1-4H3. The molecule has 0 aliphatic rings. The first-order valence-electron chi connectivity index (χ1n) is 6.09. The zero-order chi connectivity index (χ0) is 12.6. The smallest absolute Gasteiger partial charge is 0.0897 e. The minimum Gasteiger partial charge on any atom is -0.395 e. The van der Waals surface area contributed by atoms with Crippen LogP contribution in [0.1, 0.15) is 34.1 Å². The highest BCUT2D eigenvalue weighted by Gasteiger charge is 2.12. The minimum atomic E-state index is -0.511. The average Bonchev–Trinajstić information content (AvgIpc) is 2.20. The minimum absolute atomic E-state index is 0.0636. The Balaban J connectivity index is 3.66. The van der Waals surface area contributed by atoms with E-state index < -0.39 is 6.10 Å². The Morgan fingerprint density at radius 1 is 1.19 bits per heavy atom. The van der Waals surface area contributed by atoms with Gasteiger partial charge in [-0.1, -0.05) is 13.8 Å². The summed E-state index contributed by atoms with van der Waals surface area (Å²) in [6, 6.07) is 0.0636. The van der Waals surface area contributed by atoms with E-state index in [0.29, 0.717) is 19.1 Å². The van der Waals surface area contributed by atoms with E-state index in [1.807, 2.05) is 13.8 Å². The molecule has 98 valence electrons. The van der Waals surface area contributed by atoms with Gasteiger partial charge in [-0.2, -0.15) is 0 Å². The normalized spacial score (nSPS) is 15.8. The maximum absolute atomic E-state index is 9.61. The third-order valence-corrected chi connectivity index (χ3v) is 2.24. The van der Waals surface area contributed by atoms with Gasteiger partial charge in [-0.15, -0.1) is 0 Å². The molecule has 2 unspecified atom stereocenters. The van der Waals surface area contributed by atoms with Gasteiger partial charge in [0.15, 0.2) is 0 Å². The van der Waals surface area contributed by atoms with Crippen molar-refractivity contribution in [3.05, 3.63) is 0 Å². The Morgan fingerprint density at radius 3 is 2.25 bits per heavy atom. The summed E-state index contributed by atoms with van der Waals surface area (Å²) in [4.78, 5) is 0. The summed E-state index contributed by atoms with van der Waals surface area (Å²) >= 11 is 0. The van der Waals surface area contributed by atoms with Gasteiger partial charge in [0.2, 0.25) is 0 Å². The van der Waals surface area contributed by atoms with Gasteiger partial charge in [-0.3, -0.25) is 0 Å². The number of hydrogen-bond acceptors (Lipinski definition) is 4. The van der Waals surface area contributed by atoms with Gasteiger partial charge in [0.25, 0.3) is 0 Å². The number of nitrogens with one attached hydrogen (secondary N) is 1. The van der Waals surface area contributed by atoms with Crippen LogP contribution in [0.3, 0.4) is 0 Å². The summed E-state index contributed by atoms with van der Waals surface area (Å²) in [6.07, 6.45) is 0.538. The molecule has 0 aromatic heterocycles. The second-order valence-electron chi connectivity index (χ2n) is 4.95. The second kappa shape index (κ2) is 8.93. The van der Waals surface area contributed by atoms with Crippen molar-refractivity contribution in [2.45, 2.75) is 52.4 Å². The molecule has 0 rings (SSSR count). The van der Waals surface area contributed by atoms with E-state index in [0.717, 1.165) is 6.42 Å². The van der Waals surface area contributed by atoms with Crippen LogP contribution in [-0.2, 0) is 4.74 Å². The number of aliphatic hydroxyl groups excluding tert-OH is 2. The summed E-state index contributed by atoms with van der Waals surface area (Å²) in [5.41, 5.74) is 0. The monoisotopic (exact) mass is 233 g/mol. The van der Waals surface area contributed by atoms with E-state index in [2.05, 4.69) is 19.2 Å². The van der Waals surface area contributed by atoms with Crippen LogP contribution in [0, 0.1) is 5.92 Å². The van der Waals surface area contributed by atoms with Crippen molar-refractivity contribution < 1.29 is 14.9 Å². The van der Waals surface area contributed by atoms with Crippen molar-refractivity contribution in [2.75, 3.05) is 19.8 Å². The predicted octanol–water partition coefficient (Wildman–Crippen LogP) is 0.769. The van der Waals surface area contributed by atoms with E-state index in [-0.39, 0.29) is 18.8 Å². The molecule has 0 saturated carbocycles. The Morgan fingerprint density at radius 2 is 1.81 bits per heavy atom. The number of hydrogen-bond donors (Lipinski definition) is 3. The van der Waals surface area contributed by atoms with Gasteiger partial charge in [-0.05, 0) is 26.2 Å². The topological polar surface area (TPSA) is 61.7 Å². The summed E-state index contributed by atoms with van der Waals surface area (Å²) in [6.45, 7) is 9.02. The quantitative estimate of drug-likeness (QED) is 0.550. The molecule has 0 aromatic rings. The maximum atomic E-state index is 9.61. The van der Waals surface area contributed by atoms with Gasteiger partial charge in [0, 0.05) is 12.6 Å². The molecule has 4 heteroatoms. The summed E-state index contributed by atoms with van der Waals surface area (Å²) in [7, 11) is 0. The average molecular weight is 233 g/mol. The highest BCUT2D eigenvalue weighted by Crippen LogP contribution is 2.04. The van der Waals surface area contributed by atoms with Gasteiger partial charge in [0.1, 0.15) is 0 Å². The van der Waals surface area contributed by atoms with E-state index in [4.69, 9.17) is 9.84 Å². The Hall–Kier alpha value is -0.160. The fourth-order valence-electron chi connectivity index (χ4n) is 1.46. The lowest BCUT2D eigenvalue weighted by molar-refractivity contribution is 0.00445. The molecule has 0 amide bonds.